The molecule has 0 aromatic carbocycles. The molecule has 20 heavy (non-hydrogen) atoms. The first-order chi connectivity index (χ1) is 9.24. The average Bonchev–Trinajstić information content (AvgIpc) is 3.17. The Balaban J connectivity index is 0.00000147. The lowest BCUT2D eigenvalue weighted by Crippen LogP contribution is -2.45. The van der Waals surface area contributed by atoms with E-state index in [2.05, 4.69) is 10.4 Å². The molecule has 1 aliphatic carbocycles. The second-order valence-electron chi connectivity index (χ2n) is 5.76. The Morgan fingerprint density at radius 3 is 2.60 bits per heavy atom. The van der Waals surface area contributed by atoms with Crippen molar-refractivity contribution in [1.82, 2.24) is 20.0 Å². The highest BCUT2D eigenvalue weighted by Gasteiger charge is 2.27. The molecule has 0 radical (unpaired) electrons. The SMILES string of the molecule is Cl.Cn1nccc1C(=O)N1CCC(NCC2CC2)CC1. The molecule has 1 saturated carbocycles. The molecule has 112 valence electrons. The highest BCUT2D eigenvalue weighted by molar-refractivity contribution is 5.92. The number of nitrogens with one attached hydrogen (secondary N) is 1. The molecule has 0 bridgehead atoms. The van der Waals surface area contributed by atoms with E-state index in [4.69, 9.17) is 0 Å². The van der Waals surface area contributed by atoms with E-state index in [-0.39, 0.29) is 18.3 Å². The molecule has 2 heterocycles. The molecule has 6 heteroatoms. The number of piperidine rings is 1. The molecule has 1 amide bonds. The Hall–Kier alpha value is -1.07. The molecule has 1 aromatic rings. The topological polar surface area (TPSA) is 50.2 Å². The van der Waals surface area contributed by atoms with Gasteiger partial charge in [0.25, 0.3) is 5.91 Å². The van der Waals surface area contributed by atoms with Crippen molar-refractivity contribution in [2.24, 2.45) is 13.0 Å². The third-order valence-electron chi connectivity index (χ3n) is 4.21. The van der Waals surface area contributed by atoms with Crippen molar-refractivity contribution in [3.8, 4) is 0 Å². The van der Waals surface area contributed by atoms with Crippen molar-refractivity contribution >= 4 is 18.3 Å². The van der Waals surface area contributed by atoms with Gasteiger partial charge in [-0.15, -0.1) is 12.4 Å². The maximum absolute atomic E-state index is 12.3. The first kappa shape index (κ1) is 15.3. The average molecular weight is 299 g/mol. The summed E-state index contributed by atoms with van der Waals surface area (Å²) in [5.74, 6) is 1.04. The van der Waals surface area contributed by atoms with E-state index in [1.165, 1.54) is 19.4 Å². The molecular weight excluding hydrogens is 276 g/mol. The zero-order valence-electron chi connectivity index (χ0n) is 11.9. The summed E-state index contributed by atoms with van der Waals surface area (Å²) in [6.45, 7) is 2.87. The van der Waals surface area contributed by atoms with Crippen LogP contribution in [0.1, 0.15) is 36.2 Å². The highest BCUT2D eigenvalue weighted by Crippen LogP contribution is 2.28. The molecule has 2 fully saturated rings. The number of aromatic nitrogens is 2. The predicted molar refractivity (Wildman–Crippen MR) is 80.1 cm³/mol. The Kier molecular flexibility index (Phi) is 5.05. The molecule has 1 aromatic heterocycles. The number of halogens is 1. The van der Waals surface area contributed by atoms with Gasteiger partial charge in [0.2, 0.25) is 0 Å². The number of hydrogen-bond donors (Lipinski definition) is 1. The number of rotatable bonds is 4. The number of nitrogens with zero attached hydrogens (tertiary/aromatic N) is 3. The minimum atomic E-state index is 0. The van der Waals surface area contributed by atoms with Gasteiger partial charge in [0.05, 0.1) is 0 Å². The molecule has 0 unspecified atom stereocenters. The third kappa shape index (κ3) is 3.52. The quantitative estimate of drug-likeness (QED) is 0.915. The van der Waals surface area contributed by atoms with Crippen molar-refractivity contribution in [2.75, 3.05) is 19.6 Å². The highest BCUT2D eigenvalue weighted by atomic mass is 35.5. The minimum absolute atomic E-state index is 0. The molecule has 0 spiro atoms. The summed E-state index contributed by atoms with van der Waals surface area (Å²) in [6.07, 6.45) is 6.60. The van der Waals surface area contributed by atoms with Crippen LogP contribution < -0.4 is 5.32 Å². The zero-order valence-corrected chi connectivity index (χ0v) is 12.7. The van der Waals surface area contributed by atoms with Gasteiger partial charge >= 0.3 is 0 Å². The number of aryl methyl sites for hydroxylation is 1. The summed E-state index contributed by atoms with van der Waals surface area (Å²) in [6, 6.07) is 2.39. The van der Waals surface area contributed by atoms with E-state index in [0.29, 0.717) is 11.7 Å². The molecule has 2 aliphatic rings. The molecule has 1 saturated heterocycles. The van der Waals surface area contributed by atoms with Crippen molar-refractivity contribution in [1.29, 1.82) is 0 Å². The Morgan fingerprint density at radius 1 is 1.35 bits per heavy atom. The molecule has 1 N–H and O–H groups in total. The number of likely N-dealkylation sites (tertiary alicyclic amines) is 1. The largest absolute Gasteiger partial charge is 0.337 e. The lowest BCUT2D eigenvalue weighted by molar-refractivity contribution is 0.0694. The van der Waals surface area contributed by atoms with Gasteiger partial charge in [0.15, 0.2) is 0 Å². The number of amides is 1. The van der Waals surface area contributed by atoms with Crippen LogP contribution in [-0.4, -0.2) is 46.3 Å². The smallest absolute Gasteiger partial charge is 0.272 e. The van der Waals surface area contributed by atoms with Crippen LogP contribution in [0.4, 0.5) is 0 Å². The van der Waals surface area contributed by atoms with Gasteiger partial charge in [0.1, 0.15) is 5.69 Å². The fourth-order valence-electron chi connectivity index (χ4n) is 2.69. The Morgan fingerprint density at radius 2 is 2.05 bits per heavy atom. The van der Waals surface area contributed by atoms with E-state index < -0.39 is 0 Å². The second kappa shape index (κ2) is 6.59. The standard InChI is InChI=1S/C14H22N4O.ClH/c1-17-13(4-7-16-17)14(19)18-8-5-12(6-9-18)15-10-11-2-3-11;/h4,7,11-12,15H,2-3,5-6,8-10H2,1H3;1H. The Bertz CT molecular complexity index is 450. The van der Waals surface area contributed by atoms with Gasteiger partial charge in [-0.1, -0.05) is 0 Å². The van der Waals surface area contributed by atoms with Crippen LogP contribution in [0.5, 0.6) is 0 Å². The summed E-state index contributed by atoms with van der Waals surface area (Å²) >= 11 is 0. The maximum atomic E-state index is 12.3. The number of carbonyl (C=O) groups is 1. The van der Waals surface area contributed by atoms with E-state index in [0.717, 1.165) is 31.8 Å². The van der Waals surface area contributed by atoms with Gasteiger partial charge in [-0.3, -0.25) is 9.48 Å². The van der Waals surface area contributed by atoms with E-state index in [1.54, 1.807) is 16.9 Å². The molecule has 5 nitrogen and oxygen atoms in total. The van der Waals surface area contributed by atoms with Gasteiger partial charge in [-0.25, -0.2) is 0 Å². The van der Waals surface area contributed by atoms with Crippen LogP contribution in [0, 0.1) is 5.92 Å². The lowest BCUT2D eigenvalue weighted by Gasteiger charge is -2.32. The van der Waals surface area contributed by atoms with Gasteiger partial charge in [-0.2, -0.15) is 5.10 Å². The minimum Gasteiger partial charge on any atom is -0.337 e. The van der Waals surface area contributed by atoms with Gasteiger partial charge < -0.3 is 10.2 Å². The molecule has 3 rings (SSSR count). The monoisotopic (exact) mass is 298 g/mol. The van der Waals surface area contributed by atoms with E-state index in [9.17, 15) is 4.79 Å². The fraction of sp³-hybridized carbons (Fsp3) is 0.714. The van der Waals surface area contributed by atoms with Crippen LogP contribution in [0.15, 0.2) is 12.3 Å². The van der Waals surface area contributed by atoms with Crippen LogP contribution in [0.25, 0.3) is 0 Å². The van der Waals surface area contributed by atoms with Crippen molar-refractivity contribution in [3.63, 3.8) is 0 Å². The number of hydrogen-bond acceptors (Lipinski definition) is 3. The fourth-order valence-corrected chi connectivity index (χ4v) is 2.69. The van der Waals surface area contributed by atoms with E-state index in [1.807, 2.05) is 11.9 Å². The van der Waals surface area contributed by atoms with Crippen molar-refractivity contribution in [3.05, 3.63) is 18.0 Å². The normalized spacial score (nSPS) is 19.8. The Labute approximate surface area is 126 Å². The second-order valence-corrected chi connectivity index (χ2v) is 5.76. The lowest BCUT2D eigenvalue weighted by atomic mass is 10.0. The van der Waals surface area contributed by atoms with E-state index >= 15 is 0 Å². The molecule has 0 atom stereocenters. The van der Waals surface area contributed by atoms with Crippen molar-refractivity contribution < 1.29 is 4.79 Å². The van der Waals surface area contributed by atoms with Crippen LogP contribution in [-0.2, 0) is 7.05 Å². The van der Waals surface area contributed by atoms with Crippen LogP contribution >= 0.6 is 12.4 Å². The third-order valence-corrected chi connectivity index (χ3v) is 4.21. The van der Waals surface area contributed by atoms with Gasteiger partial charge in [0, 0.05) is 32.4 Å². The van der Waals surface area contributed by atoms with Crippen LogP contribution in [0.3, 0.4) is 0 Å². The van der Waals surface area contributed by atoms with Crippen LogP contribution in [0.2, 0.25) is 0 Å². The zero-order chi connectivity index (χ0) is 13.2. The molecular formula is C14H23ClN4O. The molecule has 1 aliphatic heterocycles. The summed E-state index contributed by atoms with van der Waals surface area (Å²) in [7, 11) is 1.82. The first-order valence-electron chi connectivity index (χ1n) is 7.24. The van der Waals surface area contributed by atoms with Crippen molar-refractivity contribution in [2.45, 2.75) is 31.7 Å². The maximum Gasteiger partial charge on any atom is 0.272 e. The summed E-state index contributed by atoms with van der Waals surface area (Å²) in [5, 5.41) is 7.69. The summed E-state index contributed by atoms with van der Waals surface area (Å²) < 4.78 is 1.65. The summed E-state index contributed by atoms with van der Waals surface area (Å²) in [4.78, 5) is 14.3. The summed E-state index contributed by atoms with van der Waals surface area (Å²) in [5.41, 5.74) is 0.685. The predicted octanol–water partition coefficient (Wildman–Crippen LogP) is 1.45. The first-order valence-corrected chi connectivity index (χ1v) is 7.24. The van der Waals surface area contributed by atoms with Gasteiger partial charge in [-0.05, 0) is 44.2 Å². The number of carbonyl (C=O) groups excluding carboxylic acids is 1.